The van der Waals surface area contributed by atoms with Crippen LogP contribution in [0.2, 0.25) is 0 Å². The number of rotatable bonds is 7. The number of Topliss-reactive ketones (excluding diaryl/α,β-unsaturated/α-hetero) is 4. The van der Waals surface area contributed by atoms with Crippen molar-refractivity contribution in [3.63, 3.8) is 0 Å². The molecule has 0 spiro atoms. The van der Waals surface area contributed by atoms with Gasteiger partial charge in [-0.15, -0.1) is 0 Å². The minimum Gasteiger partial charge on any atom is -0.507 e. The molecular formula is C32H44N4O7. The minimum atomic E-state index is -2.18. The standard InChI is InChI=1S/C32H44N4O7/c1-31(10-8-7-9-11-31)34-15-17-14-20(37)22-18(24(17)35(2)3)12-16-13-19-25(36(4)5)27(39)23(30(33)42)29(41)32(19,43-6)28(40)21(16)26(22)38/h14,16,19,21,23,25,34,37H,7-13,15H2,1-6H3,(H2,33,42). The molecule has 0 aromatic heterocycles. The van der Waals surface area contributed by atoms with E-state index >= 15 is 0 Å². The van der Waals surface area contributed by atoms with Crippen molar-refractivity contribution >= 4 is 34.7 Å². The average Bonchev–Trinajstić information content (AvgIpc) is 2.91. The first-order chi connectivity index (χ1) is 20.2. The van der Waals surface area contributed by atoms with Gasteiger partial charge in [-0.3, -0.25) is 28.9 Å². The lowest BCUT2D eigenvalue weighted by Gasteiger charge is -2.54. The van der Waals surface area contributed by atoms with Crippen molar-refractivity contribution in [1.82, 2.24) is 10.2 Å². The normalized spacial score (nSPS) is 31.8. The van der Waals surface area contributed by atoms with Crippen molar-refractivity contribution in [2.75, 3.05) is 40.2 Å². The van der Waals surface area contributed by atoms with Gasteiger partial charge in [0.05, 0.1) is 17.5 Å². The van der Waals surface area contributed by atoms with Gasteiger partial charge in [-0.25, -0.2) is 0 Å². The highest BCUT2D eigenvalue weighted by atomic mass is 16.5. The molecule has 11 heteroatoms. The van der Waals surface area contributed by atoms with Crippen LogP contribution in [0.1, 0.15) is 66.9 Å². The zero-order valence-electron chi connectivity index (χ0n) is 26.0. The van der Waals surface area contributed by atoms with E-state index in [1.807, 2.05) is 19.0 Å². The molecule has 0 heterocycles. The van der Waals surface area contributed by atoms with E-state index < -0.39 is 64.4 Å². The number of fused-ring (bicyclic) bond motifs is 3. The summed E-state index contributed by atoms with van der Waals surface area (Å²) in [5.74, 6) is -8.96. The summed E-state index contributed by atoms with van der Waals surface area (Å²) in [5.41, 5.74) is 5.70. The zero-order valence-corrected chi connectivity index (χ0v) is 26.0. The van der Waals surface area contributed by atoms with Crippen LogP contribution >= 0.6 is 0 Å². The van der Waals surface area contributed by atoms with Gasteiger partial charge in [-0.1, -0.05) is 19.3 Å². The molecular weight excluding hydrogens is 552 g/mol. The van der Waals surface area contributed by atoms with Crippen LogP contribution in [0.25, 0.3) is 0 Å². The van der Waals surface area contributed by atoms with Crippen molar-refractivity contribution in [3.8, 4) is 5.75 Å². The van der Waals surface area contributed by atoms with E-state index in [9.17, 15) is 29.1 Å². The lowest BCUT2D eigenvalue weighted by molar-refractivity contribution is -0.186. The molecule has 0 saturated heterocycles. The fourth-order valence-corrected chi connectivity index (χ4v) is 8.57. The van der Waals surface area contributed by atoms with Gasteiger partial charge >= 0.3 is 0 Å². The number of aromatic hydroxyl groups is 1. The van der Waals surface area contributed by atoms with Gasteiger partial charge in [0.25, 0.3) is 0 Å². The van der Waals surface area contributed by atoms with E-state index in [4.69, 9.17) is 10.5 Å². The summed E-state index contributed by atoms with van der Waals surface area (Å²) in [6.45, 7) is 2.72. The molecule has 3 fully saturated rings. The molecule has 6 atom stereocenters. The van der Waals surface area contributed by atoms with Gasteiger partial charge < -0.3 is 25.8 Å². The highest BCUT2D eigenvalue weighted by molar-refractivity contribution is 6.32. The number of hydrogen-bond acceptors (Lipinski definition) is 10. The van der Waals surface area contributed by atoms with E-state index in [0.29, 0.717) is 18.5 Å². The summed E-state index contributed by atoms with van der Waals surface area (Å²) in [4.78, 5) is 71.7. The van der Waals surface area contributed by atoms with Crippen LogP contribution in [-0.4, -0.2) is 91.5 Å². The SMILES string of the molecule is COC12C(=O)C(C(N)=O)C(=O)C(N(C)C)C1CC1Cc3c(c(O)cc(CNC4(C)CCCCC4)c3N(C)C)C(=O)C1C2=O. The monoisotopic (exact) mass is 596 g/mol. The second kappa shape index (κ2) is 11.1. The number of benzene rings is 1. The number of primary amides is 1. The number of phenolic OH excluding ortho intramolecular Hbond substituents is 1. The van der Waals surface area contributed by atoms with E-state index in [1.165, 1.54) is 13.5 Å². The maximum Gasteiger partial charge on any atom is 0.235 e. The Balaban J connectivity index is 1.60. The zero-order chi connectivity index (χ0) is 31.6. The number of methoxy groups -OCH3 is 1. The highest BCUT2D eigenvalue weighted by Gasteiger charge is 2.70. The lowest BCUT2D eigenvalue weighted by atomic mass is 9.52. The van der Waals surface area contributed by atoms with E-state index in [-0.39, 0.29) is 23.3 Å². The Labute approximate surface area is 252 Å². The number of likely N-dealkylation sites (N-methyl/N-ethyl adjacent to an activating group) is 1. The number of anilines is 1. The highest BCUT2D eigenvalue weighted by Crippen LogP contribution is 2.53. The number of nitrogens with one attached hydrogen (secondary N) is 1. The van der Waals surface area contributed by atoms with Gasteiger partial charge in [-0.05, 0) is 69.8 Å². The predicted octanol–water partition coefficient (Wildman–Crippen LogP) is 1.40. The molecule has 0 aliphatic heterocycles. The number of phenols is 1. The average molecular weight is 597 g/mol. The number of carbonyl (C=O) groups is 5. The Morgan fingerprint density at radius 2 is 1.74 bits per heavy atom. The number of ether oxygens (including phenoxy) is 1. The van der Waals surface area contributed by atoms with Crippen LogP contribution in [0, 0.1) is 23.7 Å². The van der Waals surface area contributed by atoms with Crippen LogP contribution < -0.4 is 16.0 Å². The van der Waals surface area contributed by atoms with E-state index in [1.54, 1.807) is 25.1 Å². The Morgan fingerprint density at radius 1 is 1.09 bits per heavy atom. The number of carbonyl (C=O) groups excluding carboxylic acids is 5. The van der Waals surface area contributed by atoms with Gasteiger partial charge in [0.1, 0.15) is 5.75 Å². The van der Waals surface area contributed by atoms with Crippen molar-refractivity contribution < 1.29 is 33.8 Å². The quantitative estimate of drug-likeness (QED) is 0.393. The first-order valence-electron chi connectivity index (χ1n) is 15.2. The molecule has 1 aromatic rings. The van der Waals surface area contributed by atoms with Crippen molar-refractivity contribution in [2.24, 2.45) is 29.4 Å². The van der Waals surface area contributed by atoms with Crippen molar-refractivity contribution in [2.45, 2.75) is 75.6 Å². The summed E-state index contributed by atoms with van der Waals surface area (Å²) < 4.78 is 5.70. The molecule has 1 aromatic carbocycles. The number of ketones is 4. The second-order valence-electron chi connectivity index (χ2n) is 13.6. The molecule has 5 rings (SSSR count). The van der Waals surface area contributed by atoms with Crippen LogP contribution in [0.4, 0.5) is 5.69 Å². The summed E-state index contributed by atoms with van der Waals surface area (Å²) >= 11 is 0. The molecule has 3 saturated carbocycles. The molecule has 43 heavy (non-hydrogen) atoms. The molecule has 1 amide bonds. The fraction of sp³-hybridized carbons (Fsp3) is 0.656. The Bertz CT molecular complexity index is 1380. The predicted molar refractivity (Wildman–Crippen MR) is 159 cm³/mol. The van der Waals surface area contributed by atoms with Gasteiger partial charge in [0.2, 0.25) is 5.91 Å². The molecule has 0 radical (unpaired) electrons. The van der Waals surface area contributed by atoms with Crippen molar-refractivity contribution in [3.05, 3.63) is 22.8 Å². The second-order valence-corrected chi connectivity index (χ2v) is 13.6. The Kier molecular flexibility index (Phi) is 8.07. The van der Waals surface area contributed by atoms with E-state index in [2.05, 4.69) is 12.2 Å². The van der Waals surface area contributed by atoms with Crippen LogP contribution in [0.5, 0.6) is 5.75 Å². The lowest BCUT2D eigenvalue weighted by Crippen LogP contribution is -2.74. The van der Waals surface area contributed by atoms with Crippen LogP contribution in [-0.2, 0) is 36.9 Å². The van der Waals surface area contributed by atoms with Gasteiger partial charge in [0, 0.05) is 44.9 Å². The van der Waals surface area contributed by atoms with Crippen LogP contribution in [0.15, 0.2) is 6.07 Å². The first-order valence-corrected chi connectivity index (χ1v) is 15.2. The molecule has 4 N–H and O–H groups in total. The third kappa shape index (κ3) is 4.71. The molecule has 234 valence electrons. The molecule has 6 unspecified atom stereocenters. The Hall–Kier alpha value is -3.15. The molecule has 4 aliphatic carbocycles. The van der Waals surface area contributed by atoms with Gasteiger partial charge in [0.15, 0.2) is 34.7 Å². The Morgan fingerprint density at radius 3 is 2.30 bits per heavy atom. The maximum absolute atomic E-state index is 14.4. The fourth-order valence-electron chi connectivity index (χ4n) is 8.57. The molecule has 11 nitrogen and oxygen atoms in total. The van der Waals surface area contributed by atoms with Gasteiger partial charge in [-0.2, -0.15) is 0 Å². The minimum absolute atomic E-state index is 0.0163. The van der Waals surface area contributed by atoms with E-state index in [0.717, 1.165) is 36.9 Å². The smallest absolute Gasteiger partial charge is 0.235 e. The number of hydrogen-bond donors (Lipinski definition) is 3. The molecule has 4 aliphatic rings. The summed E-state index contributed by atoms with van der Waals surface area (Å²) in [6, 6.07) is 0.605. The first kappa shape index (κ1) is 31.3. The topological polar surface area (TPSA) is 159 Å². The maximum atomic E-state index is 14.4. The summed E-state index contributed by atoms with van der Waals surface area (Å²) in [7, 11) is 8.26. The third-order valence-electron chi connectivity index (χ3n) is 10.5. The summed E-state index contributed by atoms with van der Waals surface area (Å²) in [6.07, 6.45) is 6.13. The number of nitrogens with two attached hydrogens (primary N) is 1. The number of nitrogens with zero attached hydrogens (tertiary/aromatic N) is 2. The third-order valence-corrected chi connectivity index (χ3v) is 10.5. The largest absolute Gasteiger partial charge is 0.507 e. The molecule has 0 bridgehead atoms. The summed E-state index contributed by atoms with van der Waals surface area (Å²) in [5, 5.41) is 15.0. The van der Waals surface area contributed by atoms with Crippen LogP contribution in [0.3, 0.4) is 0 Å². The number of amides is 1. The van der Waals surface area contributed by atoms with Crippen molar-refractivity contribution in [1.29, 1.82) is 0 Å².